The fraction of sp³-hybridized carbons (Fsp3) is 0.275. The van der Waals surface area contributed by atoms with Gasteiger partial charge in [0.05, 0.1) is 33.7 Å². The highest BCUT2D eigenvalue weighted by Crippen LogP contribution is 2.64. The first-order chi connectivity index (χ1) is 26.2. The first-order valence-corrected chi connectivity index (χ1v) is 19.4. The van der Waals surface area contributed by atoms with Crippen molar-refractivity contribution >= 4 is 92.3 Å². The summed E-state index contributed by atoms with van der Waals surface area (Å²) in [4.78, 5) is 61.5. The lowest BCUT2D eigenvalue weighted by Gasteiger charge is -2.49. The van der Waals surface area contributed by atoms with Crippen LogP contribution in [-0.2, 0) is 26.2 Å². The van der Waals surface area contributed by atoms with Crippen molar-refractivity contribution in [3.63, 3.8) is 0 Å². The molecule has 2 aliphatic carbocycles. The summed E-state index contributed by atoms with van der Waals surface area (Å²) >= 11 is 14.4. The van der Waals surface area contributed by atoms with Crippen molar-refractivity contribution in [1.82, 2.24) is 9.78 Å². The number of aromatic nitrogens is 2. The van der Waals surface area contributed by atoms with Gasteiger partial charge >= 0.3 is 7.12 Å². The number of aryl methyl sites for hydroxylation is 2. The van der Waals surface area contributed by atoms with Crippen molar-refractivity contribution in [2.45, 2.75) is 32.6 Å². The Labute approximate surface area is 329 Å². The minimum absolute atomic E-state index is 0.103. The van der Waals surface area contributed by atoms with Crippen molar-refractivity contribution in [3.05, 3.63) is 99.6 Å². The summed E-state index contributed by atoms with van der Waals surface area (Å²) in [5, 5.41) is 37.7. The molecular weight excluding hydrogens is 762 g/mol. The predicted molar refractivity (Wildman–Crippen MR) is 210 cm³/mol. The number of anilines is 2. The molecule has 4 amide bonds. The number of hydrogen-bond acceptors (Lipinski definition) is 9. The van der Waals surface area contributed by atoms with E-state index < -0.39 is 65.8 Å². The van der Waals surface area contributed by atoms with E-state index in [1.165, 1.54) is 45.2 Å². The number of aromatic hydroxyl groups is 1. The molecular formula is C40H33BCl2N4O7S. The van der Waals surface area contributed by atoms with E-state index >= 15 is 4.79 Å². The van der Waals surface area contributed by atoms with Crippen LogP contribution in [0.5, 0.6) is 5.75 Å². The quantitative estimate of drug-likeness (QED) is 0.116. The molecule has 3 aromatic carbocycles. The van der Waals surface area contributed by atoms with Gasteiger partial charge in [-0.3, -0.25) is 28.8 Å². The monoisotopic (exact) mass is 794 g/mol. The first-order valence-electron chi connectivity index (χ1n) is 17.8. The van der Waals surface area contributed by atoms with Crippen LogP contribution in [0.25, 0.3) is 20.7 Å². The van der Waals surface area contributed by atoms with Gasteiger partial charge in [-0.1, -0.05) is 47.0 Å². The normalized spacial score (nSPS) is 26.1. The molecule has 278 valence electrons. The van der Waals surface area contributed by atoms with Crippen molar-refractivity contribution in [1.29, 1.82) is 0 Å². The van der Waals surface area contributed by atoms with E-state index in [1.54, 1.807) is 38.2 Å². The summed E-state index contributed by atoms with van der Waals surface area (Å²) in [6.45, 7) is 3.72. The van der Waals surface area contributed by atoms with E-state index in [2.05, 4.69) is 0 Å². The van der Waals surface area contributed by atoms with Crippen molar-refractivity contribution in [2.75, 3.05) is 9.80 Å². The number of phenols is 1. The molecule has 9 rings (SSSR count). The van der Waals surface area contributed by atoms with E-state index in [1.807, 2.05) is 31.2 Å². The molecule has 3 N–H and O–H groups in total. The Balaban J connectivity index is 1.15. The van der Waals surface area contributed by atoms with E-state index in [-0.39, 0.29) is 35.6 Å². The molecule has 1 saturated carbocycles. The third-order valence-corrected chi connectivity index (χ3v) is 14.0. The van der Waals surface area contributed by atoms with Crippen LogP contribution in [-0.4, -0.2) is 55.7 Å². The molecule has 0 radical (unpaired) electrons. The maximum atomic E-state index is 15.1. The van der Waals surface area contributed by atoms with Gasteiger partial charge in [0.1, 0.15) is 17.3 Å². The molecule has 2 aliphatic heterocycles. The molecule has 15 heteroatoms. The molecule has 2 saturated heterocycles. The summed E-state index contributed by atoms with van der Waals surface area (Å²) in [5.74, 6) is -5.74. The summed E-state index contributed by atoms with van der Waals surface area (Å²) in [7, 11) is -0.124. The Hall–Kier alpha value is -4.79. The number of rotatable bonds is 5. The van der Waals surface area contributed by atoms with Crippen LogP contribution in [0.2, 0.25) is 10.0 Å². The average Bonchev–Trinajstić information content (AvgIpc) is 3.82. The number of nitrogens with zero attached hydrogens (tertiary/aromatic N) is 4. The summed E-state index contributed by atoms with van der Waals surface area (Å²) in [6, 6.07) is 18.0. The highest BCUT2D eigenvalue weighted by molar-refractivity contribution is 7.22. The van der Waals surface area contributed by atoms with Gasteiger partial charge in [-0.15, -0.1) is 11.3 Å². The predicted octanol–water partition coefficient (Wildman–Crippen LogP) is 5.74. The number of carbonyl (C=O) groups excluding carboxylic acids is 4. The zero-order valence-electron chi connectivity index (χ0n) is 29.7. The number of imide groups is 2. The topological polar surface area (TPSA) is 153 Å². The maximum absolute atomic E-state index is 15.1. The number of fused-ring (bicyclic) bond motifs is 5. The maximum Gasteiger partial charge on any atom is 0.488 e. The van der Waals surface area contributed by atoms with Gasteiger partial charge in [0.25, 0.3) is 0 Å². The van der Waals surface area contributed by atoms with Gasteiger partial charge in [0, 0.05) is 39.3 Å². The Morgan fingerprint density at radius 2 is 1.65 bits per heavy atom. The van der Waals surface area contributed by atoms with E-state index in [4.69, 9.17) is 28.3 Å². The fourth-order valence-electron chi connectivity index (χ4n) is 9.63. The molecule has 11 nitrogen and oxygen atoms in total. The highest BCUT2D eigenvalue weighted by Gasteiger charge is 2.68. The van der Waals surface area contributed by atoms with Crippen molar-refractivity contribution in [2.24, 2.45) is 36.1 Å². The minimum Gasteiger partial charge on any atom is -0.508 e. The van der Waals surface area contributed by atoms with Crippen LogP contribution in [0.3, 0.4) is 0 Å². The number of thiophene rings is 1. The number of halogens is 2. The second-order valence-corrected chi connectivity index (χ2v) is 17.0. The lowest BCUT2D eigenvalue weighted by Crippen LogP contribution is -2.49. The fourth-order valence-corrected chi connectivity index (χ4v) is 11.1. The van der Waals surface area contributed by atoms with Crippen LogP contribution >= 0.6 is 34.5 Å². The molecule has 3 fully saturated rings. The van der Waals surface area contributed by atoms with Crippen molar-refractivity contribution < 1.29 is 34.3 Å². The molecule has 0 spiro atoms. The number of benzene rings is 3. The molecule has 2 aromatic heterocycles. The third-order valence-electron chi connectivity index (χ3n) is 12.2. The third kappa shape index (κ3) is 5.13. The minimum atomic E-state index is -1.80. The molecule has 4 aliphatic rings. The SMILES string of the molecule is Cc1c(-c2cc(N3C(=O)C4CC5C(=CCC6C(=O)N(c7cccc(B(O)O)c7)C(=O)C65)C(c5cc(Cl)ccc5O)C4(C)C3=O)n(C)n2)sc2ccc(Cl)cc12. The van der Waals surface area contributed by atoms with E-state index in [0.29, 0.717) is 26.9 Å². The van der Waals surface area contributed by atoms with Gasteiger partial charge in [-0.25, -0.2) is 4.90 Å². The summed E-state index contributed by atoms with van der Waals surface area (Å²) in [6.07, 6.45) is 2.18. The number of allylic oxidation sites excluding steroid dienone is 2. The molecule has 55 heavy (non-hydrogen) atoms. The Kier molecular flexibility index (Phi) is 8.23. The molecule has 6 atom stereocenters. The number of amides is 4. The zero-order valence-corrected chi connectivity index (χ0v) is 32.1. The number of hydrogen-bond donors (Lipinski definition) is 3. The molecule has 6 unspecified atom stereocenters. The van der Waals surface area contributed by atoms with E-state index in [0.717, 1.165) is 25.4 Å². The highest BCUT2D eigenvalue weighted by atomic mass is 35.5. The summed E-state index contributed by atoms with van der Waals surface area (Å²) in [5.41, 5.74) is 1.51. The number of carbonyl (C=O) groups is 4. The second-order valence-electron chi connectivity index (χ2n) is 15.1. The number of phenolic OH excluding ortho intramolecular Hbond substituents is 1. The zero-order chi connectivity index (χ0) is 38.8. The largest absolute Gasteiger partial charge is 0.508 e. The van der Waals surface area contributed by atoms with Crippen LogP contribution in [0.1, 0.15) is 36.8 Å². The Bertz CT molecular complexity index is 2570. The van der Waals surface area contributed by atoms with Crippen LogP contribution in [0.15, 0.2) is 78.4 Å². The Morgan fingerprint density at radius 1 is 0.909 bits per heavy atom. The van der Waals surface area contributed by atoms with Gasteiger partial charge in [-0.2, -0.15) is 5.10 Å². The van der Waals surface area contributed by atoms with Gasteiger partial charge in [0.15, 0.2) is 0 Å². The average molecular weight is 796 g/mol. The molecule has 4 heterocycles. The van der Waals surface area contributed by atoms with Gasteiger partial charge < -0.3 is 15.2 Å². The molecule has 0 bridgehead atoms. The lowest BCUT2D eigenvalue weighted by molar-refractivity contribution is -0.131. The molecule has 5 aromatic rings. The Morgan fingerprint density at radius 3 is 2.42 bits per heavy atom. The van der Waals surface area contributed by atoms with Gasteiger partial charge in [-0.05, 0) is 97.6 Å². The second kappa shape index (κ2) is 12.6. The van der Waals surface area contributed by atoms with Crippen LogP contribution < -0.4 is 15.3 Å². The van der Waals surface area contributed by atoms with Crippen molar-refractivity contribution in [3.8, 4) is 16.3 Å². The van der Waals surface area contributed by atoms with Crippen LogP contribution in [0.4, 0.5) is 11.5 Å². The standard InChI is InChI=1S/C40H33BCl2N4O7S/c1-18-25-14-21(43)8-12-31(25)55-35(18)29-17-32(45(3)44-29)47-37(50)28-16-26-23(34(40(28,2)39(47)52)27-15-20(42)7-11-30(27)48)9-10-24-33(26)38(51)46(36(24)49)22-6-4-5-19(13-22)41(53)54/h4-9,11-15,17,24,26,28,33-34,48,53-54H,10,16H2,1-3H3. The van der Waals surface area contributed by atoms with E-state index in [9.17, 15) is 29.5 Å². The first kappa shape index (κ1) is 35.9. The smallest absolute Gasteiger partial charge is 0.488 e. The lowest BCUT2D eigenvalue weighted by atomic mass is 9.51. The van der Waals surface area contributed by atoms with Crippen LogP contribution in [0, 0.1) is 36.0 Å². The van der Waals surface area contributed by atoms with Gasteiger partial charge in [0.2, 0.25) is 23.6 Å². The summed E-state index contributed by atoms with van der Waals surface area (Å²) < 4.78 is 2.54.